The van der Waals surface area contributed by atoms with Gasteiger partial charge in [0.1, 0.15) is 5.75 Å². The molecule has 2 aliphatic rings. The monoisotopic (exact) mass is 358 g/mol. The first-order chi connectivity index (χ1) is 13.2. The molecular formula is C21H18N4O2. The maximum atomic E-state index is 12.1. The second-order valence-electron chi connectivity index (χ2n) is 6.44. The van der Waals surface area contributed by atoms with Gasteiger partial charge in [-0.05, 0) is 24.3 Å². The molecule has 1 aliphatic heterocycles. The molecule has 0 fully saturated rings. The molecule has 1 aliphatic carbocycles. The molecule has 4 rings (SSSR count). The van der Waals surface area contributed by atoms with Gasteiger partial charge in [0, 0.05) is 16.8 Å². The number of nitrogens with zero attached hydrogens (tertiary/aromatic N) is 3. The highest BCUT2D eigenvalue weighted by Crippen LogP contribution is 2.26. The predicted octanol–water partition coefficient (Wildman–Crippen LogP) is 2.87. The van der Waals surface area contributed by atoms with Gasteiger partial charge in [-0.2, -0.15) is 10.4 Å². The van der Waals surface area contributed by atoms with E-state index in [1.807, 2.05) is 48.5 Å². The van der Waals surface area contributed by atoms with Gasteiger partial charge >= 0.3 is 0 Å². The van der Waals surface area contributed by atoms with Crippen LogP contribution in [0.3, 0.4) is 0 Å². The molecule has 0 saturated heterocycles. The van der Waals surface area contributed by atoms with E-state index < -0.39 is 0 Å². The molecule has 0 amide bonds. The summed E-state index contributed by atoms with van der Waals surface area (Å²) in [6.45, 7) is 1.08. The Morgan fingerprint density at radius 3 is 2.56 bits per heavy atom. The summed E-state index contributed by atoms with van der Waals surface area (Å²) >= 11 is 0. The van der Waals surface area contributed by atoms with Gasteiger partial charge in [-0.3, -0.25) is 10.2 Å². The number of ether oxygens (including phenoxy) is 1. The molecule has 1 heterocycles. The Morgan fingerprint density at radius 1 is 1.11 bits per heavy atom. The Hall–Kier alpha value is -3.59. The van der Waals surface area contributed by atoms with Crippen molar-refractivity contribution in [3.8, 4) is 11.8 Å². The van der Waals surface area contributed by atoms with Crippen LogP contribution in [0.5, 0.6) is 5.75 Å². The van der Waals surface area contributed by atoms with E-state index in [0.717, 1.165) is 22.7 Å². The topological polar surface area (TPSA) is 77.7 Å². The fraction of sp³-hybridized carbons (Fsp3) is 0.190. The number of Topliss-reactive ketones (excluding diaryl/α,β-unsaturated/α-hetero) is 1. The number of carbonyl (C=O) groups is 1. The van der Waals surface area contributed by atoms with Crippen molar-refractivity contribution >= 4 is 17.2 Å². The summed E-state index contributed by atoms with van der Waals surface area (Å²) in [6, 6.07) is 17.5. The van der Waals surface area contributed by atoms with Gasteiger partial charge in [-0.1, -0.05) is 24.3 Å². The summed E-state index contributed by atoms with van der Waals surface area (Å²) in [5.41, 5.74) is 7.73. The van der Waals surface area contributed by atoms with Crippen LogP contribution in [-0.4, -0.2) is 31.7 Å². The number of fused-ring (bicyclic) bond motifs is 1. The minimum absolute atomic E-state index is 0.0758. The molecule has 0 bridgehead atoms. The van der Waals surface area contributed by atoms with Crippen molar-refractivity contribution in [2.75, 3.05) is 25.1 Å². The Labute approximate surface area is 157 Å². The molecule has 6 heteroatoms. The van der Waals surface area contributed by atoms with Gasteiger partial charge in [0.15, 0.2) is 5.78 Å². The van der Waals surface area contributed by atoms with Crippen LogP contribution in [0.4, 0.5) is 5.69 Å². The van der Waals surface area contributed by atoms with Crippen molar-refractivity contribution in [3.63, 3.8) is 0 Å². The molecular weight excluding hydrogens is 340 g/mol. The summed E-state index contributed by atoms with van der Waals surface area (Å²) in [5.74, 6) is 0.868. The summed E-state index contributed by atoms with van der Waals surface area (Å²) in [7, 11) is 1.63. The van der Waals surface area contributed by atoms with E-state index in [9.17, 15) is 10.1 Å². The smallest absolute Gasteiger partial charge is 0.169 e. The number of ketones is 1. The van der Waals surface area contributed by atoms with Crippen LogP contribution in [0.15, 0.2) is 64.9 Å². The van der Waals surface area contributed by atoms with E-state index in [1.165, 1.54) is 0 Å². The van der Waals surface area contributed by atoms with E-state index >= 15 is 0 Å². The largest absolute Gasteiger partial charge is 0.497 e. The molecule has 134 valence electrons. The molecule has 0 aromatic heterocycles. The highest BCUT2D eigenvalue weighted by Gasteiger charge is 2.26. The van der Waals surface area contributed by atoms with Gasteiger partial charge in [0.25, 0.3) is 0 Å². The van der Waals surface area contributed by atoms with E-state index in [0.29, 0.717) is 29.9 Å². The molecule has 2 aromatic carbocycles. The van der Waals surface area contributed by atoms with Gasteiger partial charge < -0.3 is 9.64 Å². The Bertz CT molecular complexity index is 1000. The number of nitrogens with one attached hydrogen (secondary N) is 1. The number of hydrogen-bond acceptors (Lipinski definition) is 6. The third-order valence-electron chi connectivity index (χ3n) is 4.83. The zero-order valence-corrected chi connectivity index (χ0v) is 14.9. The standard InChI is InChI=1S/C21H18N4O2/c1-27-16-8-6-15(7-9-16)25-12-14(11-22)20(13-25)24-23-19-10-21(26)18-5-3-2-4-17(18)19/h2-9,24H,10,12-13H2,1H3/b23-19+. The van der Waals surface area contributed by atoms with Crippen LogP contribution < -0.4 is 15.1 Å². The lowest BCUT2D eigenvalue weighted by Gasteiger charge is -2.18. The number of carbonyl (C=O) groups excluding carboxylic acids is 1. The fourth-order valence-electron chi connectivity index (χ4n) is 3.36. The second kappa shape index (κ2) is 6.96. The molecule has 1 N–H and O–H groups in total. The zero-order valence-electron chi connectivity index (χ0n) is 14.9. The number of rotatable bonds is 4. The number of nitriles is 1. The van der Waals surface area contributed by atoms with Gasteiger partial charge in [-0.15, -0.1) is 0 Å². The van der Waals surface area contributed by atoms with Crippen LogP contribution in [-0.2, 0) is 0 Å². The van der Waals surface area contributed by atoms with Gasteiger partial charge in [0.2, 0.25) is 0 Å². The van der Waals surface area contributed by atoms with Crippen molar-refractivity contribution in [3.05, 3.63) is 70.9 Å². The molecule has 0 spiro atoms. The van der Waals surface area contributed by atoms with Crippen LogP contribution in [0.2, 0.25) is 0 Å². The zero-order chi connectivity index (χ0) is 18.8. The first kappa shape index (κ1) is 16.9. The predicted molar refractivity (Wildman–Crippen MR) is 103 cm³/mol. The molecule has 27 heavy (non-hydrogen) atoms. The van der Waals surface area contributed by atoms with E-state index in [-0.39, 0.29) is 12.2 Å². The normalized spacial score (nSPS) is 17.3. The number of hydrogen-bond donors (Lipinski definition) is 1. The lowest BCUT2D eigenvalue weighted by atomic mass is 10.1. The lowest BCUT2D eigenvalue weighted by Crippen LogP contribution is -2.22. The van der Waals surface area contributed by atoms with E-state index in [4.69, 9.17) is 4.74 Å². The average molecular weight is 358 g/mol. The van der Waals surface area contributed by atoms with E-state index in [2.05, 4.69) is 21.5 Å². The highest BCUT2D eigenvalue weighted by atomic mass is 16.5. The first-order valence-corrected chi connectivity index (χ1v) is 8.66. The highest BCUT2D eigenvalue weighted by molar-refractivity contribution is 6.26. The SMILES string of the molecule is COc1ccc(N2CC(C#N)=C(N/N=C3\CC(=O)c4ccccc43)C2)cc1. The maximum absolute atomic E-state index is 12.1. The molecule has 0 atom stereocenters. The summed E-state index contributed by atoms with van der Waals surface area (Å²) in [4.78, 5) is 14.2. The number of benzene rings is 2. The third-order valence-corrected chi connectivity index (χ3v) is 4.83. The summed E-state index contributed by atoms with van der Waals surface area (Å²) < 4.78 is 5.19. The first-order valence-electron chi connectivity index (χ1n) is 8.66. The Kier molecular flexibility index (Phi) is 4.35. The minimum atomic E-state index is 0.0758. The lowest BCUT2D eigenvalue weighted by molar-refractivity contribution is 0.101. The Morgan fingerprint density at radius 2 is 1.85 bits per heavy atom. The number of hydrazone groups is 1. The van der Waals surface area contributed by atoms with Crippen LogP contribution in [0.1, 0.15) is 22.3 Å². The fourth-order valence-corrected chi connectivity index (χ4v) is 3.36. The van der Waals surface area contributed by atoms with Gasteiger partial charge in [-0.25, -0.2) is 0 Å². The van der Waals surface area contributed by atoms with Crippen LogP contribution in [0.25, 0.3) is 0 Å². The van der Waals surface area contributed by atoms with Crippen molar-refractivity contribution in [2.24, 2.45) is 5.10 Å². The molecule has 0 radical (unpaired) electrons. The maximum Gasteiger partial charge on any atom is 0.169 e. The molecule has 0 unspecified atom stereocenters. The van der Waals surface area contributed by atoms with Crippen molar-refractivity contribution in [1.82, 2.24) is 5.43 Å². The second-order valence-corrected chi connectivity index (χ2v) is 6.44. The van der Waals surface area contributed by atoms with E-state index in [1.54, 1.807) is 7.11 Å². The molecule has 0 saturated carbocycles. The van der Waals surface area contributed by atoms with Crippen molar-refractivity contribution < 1.29 is 9.53 Å². The third kappa shape index (κ3) is 3.15. The number of methoxy groups -OCH3 is 1. The van der Waals surface area contributed by atoms with Crippen LogP contribution >= 0.6 is 0 Å². The molecule has 2 aromatic rings. The summed E-state index contributed by atoms with van der Waals surface area (Å²) in [5, 5.41) is 13.9. The minimum Gasteiger partial charge on any atom is -0.497 e. The number of anilines is 1. The summed E-state index contributed by atoms with van der Waals surface area (Å²) in [6.07, 6.45) is 0.281. The van der Waals surface area contributed by atoms with Crippen LogP contribution in [0, 0.1) is 11.3 Å². The quantitative estimate of drug-likeness (QED) is 0.851. The van der Waals surface area contributed by atoms with Gasteiger partial charge in [0.05, 0.1) is 49.7 Å². The average Bonchev–Trinajstić information content (AvgIpc) is 3.27. The molecule has 6 nitrogen and oxygen atoms in total. The van der Waals surface area contributed by atoms with Crippen molar-refractivity contribution in [1.29, 1.82) is 5.26 Å². The van der Waals surface area contributed by atoms with Crippen molar-refractivity contribution in [2.45, 2.75) is 6.42 Å². The Balaban J connectivity index is 1.52.